The topological polar surface area (TPSA) is 77.8 Å². The summed E-state index contributed by atoms with van der Waals surface area (Å²) in [6.07, 6.45) is 8.68. The highest BCUT2D eigenvalue weighted by Crippen LogP contribution is 2.48. The van der Waals surface area contributed by atoms with Crippen molar-refractivity contribution in [3.63, 3.8) is 0 Å². The van der Waals surface area contributed by atoms with E-state index in [9.17, 15) is 0 Å². The third-order valence-electron chi connectivity index (χ3n) is 5.60. The van der Waals surface area contributed by atoms with Gasteiger partial charge in [-0.3, -0.25) is 4.90 Å². The molecule has 0 spiro atoms. The van der Waals surface area contributed by atoms with Crippen LogP contribution in [0.1, 0.15) is 44.1 Å². The molecule has 2 aliphatic carbocycles. The summed E-state index contributed by atoms with van der Waals surface area (Å²) in [5.74, 6) is -2.61. The van der Waals surface area contributed by atoms with Crippen LogP contribution in [0.5, 0.6) is 0 Å². The second-order valence-electron chi connectivity index (χ2n) is 7.38. The molecule has 130 valence electrons. The largest absolute Gasteiger partial charge is 0.473 e. The fourth-order valence-corrected chi connectivity index (χ4v) is 4.30. The van der Waals surface area contributed by atoms with Gasteiger partial charge in [-0.1, -0.05) is 36.8 Å². The third kappa shape index (κ3) is 3.78. The molecule has 4 rings (SSSR count). The van der Waals surface area contributed by atoms with Gasteiger partial charge in [-0.25, -0.2) is 9.59 Å². The number of carboxylic acids is 2. The molecule has 2 bridgehead atoms. The number of likely N-dealkylation sites (tertiary alicyclic amines) is 1. The van der Waals surface area contributed by atoms with Crippen LogP contribution in [0.15, 0.2) is 30.3 Å². The standard InChI is InChI=1S/C17H23N.C2H2O4/c1-2-5-15(6-3-1)17-10-4-7-16(11-17)18(13-17)12-14-8-9-14;3-1(4)2(5)6/h1-3,5-6,14,16H,4,7-13H2;(H,3,4)(H,5,6). The fourth-order valence-electron chi connectivity index (χ4n) is 4.30. The molecule has 0 aromatic heterocycles. The molecule has 3 fully saturated rings. The van der Waals surface area contributed by atoms with Crippen molar-refractivity contribution in [1.29, 1.82) is 0 Å². The van der Waals surface area contributed by atoms with E-state index in [0.717, 1.165) is 12.0 Å². The monoisotopic (exact) mass is 331 g/mol. The minimum atomic E-state index is -1.82. The van der Waals surface area contributed by atoms with Gasteiger partial charge >= 0.3 is 11.9 Å². The summed E-state index contributed by atoms with van der Waals surface area (Å²) in [6, 6.07) is 12.2. The molecule has 2 unspecified atom stereocenters. The maximum absolute atomic E-state index is 9.10. The van der Waals surface area contributed by atoms with Crippen LogP contribution in [-0.4, -0.2) is 46.2 Å². The summed E-state index contributed by atoms with van der Waals surface area (Å²) in [6.45, 7) is 2.72. The Balaban J connectivity index is 0.000000246. The summed E-state index contributed by atoms with van der Waals surface area (Å²) >= 11 is 0. The molecule has 0 radical (unpaired) electrons. The van der Waals surface area contributed by atoms with Crippen molar-refractivity contribution in [3.8, 4) is 0 Å². The Morgan fingerprint density at radius 1 is 1.08 bits per heavy atom. The number of benzene rings is 1. The minimum Gasteiger partial charge on any atom is -0.473 e. The molecule has 1 heterocycles. The van der Waals surface area contributed by atoms with Gasteiger partial charge in [0.2, 0.25) is 0 Å². The van der Waals surface area contributed by atoms with Gasteiger partial charge in [0.15, 0.2) is 0 Å². The Hall–Kier alpha value is -1.88. The molecule has 2 saturated carbocycles. The first-order chi connectivity index (χ1) is 11.5. The van der Waals surface area contributed by atoms with E-state index >= 15 is 0 Å². The number of hydrogen-bond acceptors (Lipinski definition) is 3. The van der Waals surface area contributed by atoms with Gasteiger partial charge in [-0.05, 0) is 43.6 Å². The molecule has 0 amide bonds. The van der Waals surface area contributed by atoms with Gasteiger partial charge < -0.3 is 10.2 Å². The van der Waals surface area contributed by atoms with E-state index < -0.39 is 11.9 Å². The van der Waals surface area contributed by atoms with Gasteiger partial charge in [0.1, 0.15) is 0 Å². The molecule has 1 aliphatic heterocycles. The first-order valence-electron chi connectivity index (χ1n) is 8.76. The molecular formula is C19H25NO4. The number of rotatable bonds is 3. The highest BCUT2D eigenvalue weighted by Gasteiger charge is 2.48. The molecular weight excluding hydrogens is 306 g/mol. The number of aliphatic carboxylic acids is 2. The van der Waals surface area contributed by atoms with E-state index in [0.29, 0.717) is 5.41 Å². The zero-order chi connectivity index (χ0) is 17.2. The van der Waals surface area contributed by atoms with Gasteiger partial charge in [0.05, 0.1) is 0 Å². The molecule has 2 atom stereocenters. The Morgan fingerprint density at radius 2 is 1.75 bits per heavy atom. The maximum Gasteiger partial charge on any atom is 0.414 e. The van der Waals surface area contributed by atoms with Crippen LogP contribution in [0.3, 0.4) is 0 Å². The highest BCUT2D eigenvalue weighted by atomic mass is 16.4. The van der Waals surface area contributed by atoms with Gasteiger partial charge in [-0.15, -0.1) is 0 Å². The Kier molecular flexibility index (Phi) is 4.90. The lowest BCUT2D eigenvalue weighted by Gasteiger charge is -2.32. The predicted octanol–water partition coefficient (Wildman–Crippen LogP) is 2.75. The number of carbonyl (C=O) groups is 2. The molecule has 1 saturated heterocycles. The van der Waals surface area contributed by atoms with Crippen molar-refractivity contribution in [2.24, 2.45) is 5.92 Å². The lowest BCUT2D eigenvalue weighted by Crippen LogP contribution is -2.31. The average Bonchev–Trinajstić information content (AvgIpc) is 3.35. The van der Waals surface area contributed by atoms with Crippen molar-refractivity contribution < 1.29 is 19.8 Å². The van der Waals surface area contributed by atoms with Crippen LogP contribution in [0.2, 0.25) is 0 Å². The molecule has 3 aliphatic rings. The number of fused-ring (bicyclic) bond motifs is 2. The van der Waals surface area contributed by atoms with Gasteiger partial charge in [0, 0.05) is 24.5 Å². The van der Waals surface area contributed by atoms with E-state index in [1.54, 1.807) is 5.56 Å². The third-order valence-corrected chi connectivity index (χ3v) is 5.60. The van der Waals surface area contributed by atoms with E-state index in [-0.39, 0.29) is 0 Å². The SMILES string of the molecule is O=C(O)C(=O)O.c1ccc(C23CCCC(C2)N(CC2CC2)C3)cc1. The summed E-state index contributed by atoms with van der Waals surface area (Å²) in [4.78, 5) is 21.0. The number of nitrogens with zero attached hydrogens (tertiary/aromatic N) is 1. The first kappa shape index (κ1) is 17.0. The normalized spacial score (nSPS) is 28.8. The van der Waals surface area contributed by atoms with Crippen molar-refractivity contribution in [2.75, 3.05) is 13.1 Å². The summed E-state index contributed by atoms with van der Waals surface area (Å²) in [5.41, 5.74) is 2.10. The Bertz CT molecular complexity index is 587. The van der Waals surface area contributed by atoms with Gasteiger partial charge in [-0.2, -0.15) is 0 Å². The first-order valence-corrected chi connectivity index (χ1v) is 8.76. The molecule has 1 aromatic rings. The maximum atomic E-state index is 9.10. The van der Waals surface area contributed by atoms with Crippen LogP contribution >= 0.6 is 0 Å². The fraction of sp³-hybridized carbons (Fsp3) is 0.579. The summed E-state index contributed by atoms with van der Waals surface area (Å²) in [5, 5.41) is 14.8. The average molecular weight is 331 g/mol. The highest BCUT2D eigenvalue weighted by molar-refractivity contribution is 6.27. The minimum absolute atomic E-state index is 0.499. The molecule has 5 nitrogen and oxygen atoms in total. The number of carboxylic acid groups (broad SMARTS) is 2. The molecule has 24 heavy (non-hydrogen) atoms. The zero-order valence-corrected chi connectivity index (χ0v) is 13.9. The Morgan fingerprint density at radius 3 is 2.33 bits per heavy atom. The van der Waals surface area contributed by atoms with Crippen LogP contribution in [0, 0.1) is 5.92 Å². The number of hydrogen-bond donors (Lipinski definition) is 2. The molecule has 2 N–H and O–H groups in total. The van der Waals surface area contributed by atoms with Crippen molar-refractivity contribution in [3.05, 3.63) is 35.9 Å². The van der Waals surface area contributed by atoms with E-state index in [1.165, 1.54) is 51.6 Å². The van der Waals surface area contributed by atoms with Crippen LogP contribution in [0.4, 0.5) is 0 Å². The van der Waals surface area contributed by atoms with Crippen molar-refractivity contribution in [2.45, 2.75) is 50.0 Å². The lowest BCUT2D eigenvalue weighted by atomic mass is 9.71. The summed E-state index contributed by atoms with van der Waals surface area (Å²) in [7, 11) is 0. The van der Waals surface area contributed by atoms with E-state index in [4.69, 9.17) is 19.8 Å². The predicted molar refractivity (Wildman–Crippen MR) is 89.9 cm³/mol. The molecule has 1 aromatic carbocycles. The van der Waals surface area contributed by atoms with E-state index in [2.05, 4.69) is 35.2 Å². The van der Waals surface area contributed by atoms with E-state index in [1.807, 2.05) is 0 Å². The second kappa shape index (κ2) is 6.93. The zero-order valence-electron chi connectivity index (χ0n) is 13.9. The quantitative estimate of drug-likeness (QED) is 0.833. The van der Waals surface area contributed by atoms with Crippen LogP contribution in [0.25, 0.3) is 0 Å². The Labute approximate surface area is 142 Å². The molecule has 5 heteroatoms. The lowest BCUT2D eigenvalue weighted by molar-refractivity contribution is -0.159. The van der Waals surface area contributed by atoms with Gasteiger partial charge in [0.25, 0.3) is 0 Å². The summed E-state index contributed by atoms with van der Waals surface area (Å²) < 4.78 is 0. The van der Waals surface area contributed by atoms with Crippen LogP contribution < -0.4 is 0 Å². The smallest absolute Gasteiger partial charge is 0.414 e. The van der Waals surface area contributed by atoms with Crippen LogP contribution in [-0.2, 0) is 15.0 Å². The van der Waals surface area contributed by atoms with Crippen molar-refractivity contribution in [1.82, 2.24) is 4.90 Å². The van der Waals surface area contributed by atoms with Crippen molar-refractivity contribution >= 4 is 11.9 Å². The second-order valence-corrected chi connectivity index (χ2v) is 7.38.